The number of ether oxygens (including phenoxy) is 1. The summed E-state index contributed by atoms with van der Waals surface area (Å²) in [5.74, 6) is -0.259. The summed E-state index contributed by atoms with van der Waals surface area (Å²) >= 11 is 0. The van der Waals surface area contributed by atoms with E-state index in [0.717, 1.165) is 18.5 Å². The number of likely N-dealkylation sites (N-methyl/N-ethyl adjacent to an activating group) is 1. The molecule has 104 valence electrons. The molecule has 1 aromatic rings. The molecule has 0 saturated carbocycles. The highest BCUT2D eigenvalue weighted by Crippen LogP contribution is 2.12. The first-order valence-corrected chi connectivity index (χ1v) is 6.09. The van der Waals surface area contributed by atoms with Gasteiger partial charge in [0.1, 0.15) is 0 Å². The van der Waals surface area contributed by atoms with Gasteiger partial charge in [0.15, 0.2) is 0 Å². The topological polar surface area (TPSA) is 72.7 Å². The number of esters is 1. The van der Waals surface area contributed by atoms with Gasteiger partial charge in [-0.05, 0) is 18.5 Å². The highest BCUT2D eigenvalue weighted by Gasteiger charge is 2.09. The predicted octanol–water partition coefficient (Wildman–Crippen LogP) is 1.63. The molecule has 0 unspecified atom stereocenters. The maximum atomic E-state index is 11.2. The summed E-state index contributed by atoms with van der Waals surface area (Å²) in [7, 11) is 1.37. The van der Waals surface area contributed by atoms with Crippen LogP contribution in [0.25, 0.3) is 0 Å². The van der Waals surface area contributed by atoms with E-state index in [1.54, 1.807) is 12.1 Å². The van der Waals surface area contributed by atoms with Gasteiger partial charge in [0.25, 0.3) is 5.69 Å². The van der Waals surface area contributed by atoms with E-state index < -0.39 is 4.92 Å². The second-order valence-electron chi connectivity index (χ2n) is 4.12. The minimum atomic E-state index is -0.417. The van der Waals surface area contributed by atoms with Gasteiger partial charge in [-0.1, -0.05) is 19.1 Å². The maximum absolute atomic E-state index is 11.2. The number of nitrogens with zero attached hydrogens (tertiary/aromatic N) is 2. The lowest BCUT2D eigenvalue weighted by molar-refractivity contribution is -0.384. The Morgan fingerprint density at radius 1 is 1.37 bits per heavy atom. The van der Waals surface area contributed by atoms with E-state index in [0.29, 0.717) is 6.54 Å². The summed E-state index contributed by atoms with van der Waals surface area (Å²) in [5.41, 5.74) is 1.10. The molecule has 0 heterocycles. The van der Waals surface area contributed by atoms with Crippen LogP contribution in [0.2, 0.25) is 0 Å². The van der Waals surface area contributed by atoms with Crippen LogP contribution in [0.15, 0.2) is 24.3 Å². The lowest BCUT2D eigenvalue weighted by Crippen LogP contribution is -2.32. The van der Waals surface area contributed by atoms with Gasteiger partial charge in [0.2, 0.25) is 0 Å². The van der Waals surface area contributed by atoms with Crippen molar-refractivity contribution in [3.05, 3.63) is 39.9 Å². The highest BCUT2D eigenvalue weighted by molar-refractivity contribution is 5.71. The summed E-state index contributed by atoms with van der Waals surface area (Å²) in [6.07, 6.45) is 0.739. The molecule has 1 rings (SSSR count). The van der Waals surface area contributed by atoms with Crippen LogP contribution >= 0.6 is 0 Å². The van der Waals surface area contributed by atoms with Crippen molar-refractivity contribution < 1.29 is 14.5 Å². The molecule has 1 aromatic carbocycles. The van der Waals surface area contributed by atoms with Crippen molar-refractivity contribution >= 4 is 11.7 Å². The SMILES string of the molecule is CCN(CCc1ccc([N+](=O)[O-])cc1)CC(=O)OC. The number of benzene rings is 1. The van der Waals surface area contributed by atoms with Crippen LogP contribution in [0.5, 0.6) is 0 Å². The summed E-state index contributed by atoms with van der Waals surface area (Å²) in [4.78, 5) is 23.2. The second-order valence-corrected chi connectivity index (χ2v) is 4.12. The molecule has 0 spiro atoms. The average molecular weight is 266 g/mol. The molecular formula is C13H18N2O4. The van der Waals surface area contributed by atoms with Crippen LogP contribution in [0.3, 0.4) is 0 Å². The van der Waals surface area contributed by atoms with E-state index in [2.05, 4.69) is 4.74 Å². The Morgan fingerprint density at radius 3 is 2.47 bits per heavy atom. The molecule has 0 atom stereocenters. The third-order valence-corrected chi connectivity index (χ3v) is 2.89. The second kappa shape index (κ2) is 7.48. The number of methoxy groups -OCH3 is 1. The predicted molar refractivity (Wildman–Crippen MR) is 70.9 cm³/mol. The monoisotopic (exact) mass is 266 g/mol. The Kier molecular flexibility index (Phi) is 5.95. The van der Waals surface area contributed by atoms with Gasteiger partial charge in [-0.15, -0.1) is 0 Å². The molecule has 0 N–H and O–H groups in total. The fraction of sp³-hybridized carbons (Fsp3) is 0.462. The minimum absolute atomic E-state index is 0.0886. The highest BCUT2D eigenvalue weighted by atomic mass is 16.6. The quantitative estimate of drug-likeness (QED) is 0.426. The molecule has 0 saturated heterocycles. The van der Waals surface area contributed by atoms with E-state index in [-0.39, 0.29) is 18.2 Å². The van der Waals surface area contributed by atoms with Gasteiger partial charge in [0, 0.05) is 18.7 Å². The molecule has 19 heavy (non-hydrogen) atoms. The van der Waals surface area contributed by atoms with Crippen LogP contribution in [0.1, 0.15) is 12.5 Å². The van der Waals surface area contributed by atoms with Gasteiger partial charge in [-0.3, -0.25) is 19.8 Å². The Bertz CT molecular complexity index is 431. The average Bonchev–Trinajstić information content (AvgIpc) is 2.43. The molecular weight excluding hydrogens is 248 g/mol. The van der Waals surface area contributed by atoms with Crippen LogP contribution < -0.4 is 0 Å². The third kappa shape index (κ3) is 5.05. The van der Waals surface area contributed by atoms with E-state index >= 15 is 0 Å². The summed E-state index contributed by atoms with van der Waals surface area (Å²) in [6, 6.07) is 6.46. The standard InChI is InChI=1S/C13H18N2O4/c1-3-14(10-13(16)19-2)9-8-11-4-6-12(7-5-11)15(17)18/h4-7H,3,8-10H2,1-2H3. The fourth-order valence-corrected chi connectivity index (χ4v) is 1.67. The number of non-ortho nitro benzene ring substituents is 1. The number of hydrogen-bond acceptors (Lipinski definition) is 5. The molecule has 6 nitrogen and oxygen atoms in total. The summed E-state index contributed by atoms with van der Waals surface area (Å²) in [6.45, 7) is 3.70. The summed E-state index contributed by atoms with van der Waals surface area (Å²) < 4.78 is 4.62. The molecule has 0 aliphatic rings. The first-order valence-electron chi connectivity index (χ1n) is 6.09. The first-order chi connectivity index (χ1) is 9.06. The Morgan fingerprint density at radius 2 is 2.00 bits per heavy atom. The number of carbonyl (C=O) groups excluding carboxylic acids is 1. The van der Waals surface area contributed by atoms with Crippen LogP contribution in [-0.2, 0) is 16.0 Å². The van der Waals surface area contributed by atoms with Crippen molar-refractivity contribution in [3.63, 3.8) is 0 Å². The zero-order valence-electron chi connectivity index (χ0n) is 11.2. The van der Waals surface area contributed by atoms with Crippen LogP contribution in [0, 0.1) is 10.1 Å². The summed E-state index contributed by atoms with van der Waals surface area (Å²) in [5, 5.41) is 10.5. The largest absolute Gasteiger partial charge is 0.468 e. The van der Waals surface area contributed by atoms with Gasteiger partial charge < -0.3 is 4.74 Å². The molecule has 6 heteroatoms. The van der Waals surface area contributed by atoms with Gasteiger partial charge in [-0.25, -0.2) is 0 Å². The van der Waals surface area contributed by atoms with Gasteiger partial charge in [-0.2, -0.15) is 0 Å². The van der Waals surface area contributed by atoms with Gasteiger partial charge in [0.05, 0.1) is 18.6 Å². The van der Waals surface area contributed by atoms with Crippen molar-refractivity contribution in [1.29, 1.82) is 0 Å². The molecule has 0 bridgehead atoms. The molecule has 0 radical (unpaired) electrons. The van der Waals surface area contributed by atoms with Crippen molar-refractivity contribution in [2.75, 3.05) is 26.7 Å². The Hall–Kier alpha value is -1.95. The third-order valence-electron chi connectivity index (χ3n) is 2.89. The van der Waals surface area contributed by atoms with E-state index in [1.807, 2.05) is 11.8 Å². The number of rotatable bonds is 7. The van der Waals surface area contributed by atoms with E-state index in [1.165, 1.54) is 19.2 Å². The fourth-order valence-electron chi connectivity index (χ4n) is 1.67. The molecule has 0 aliphatic carbocycles. The molecule has 0 fully saturated rings. The van der Waals surface area contributed by atoms with Crippen LogP contribution in [0.4, 0.5) is 5.69 Å². The Balaban J connectivity index is 2.50. The molecule has 0 aromatic heterocycles. The van der Waals surface area contributed by atoms with E-state index in [9.17, 15) is 14.9 Å². The number of carbonyl (C=O) groups is 1. The minimum Gasteiger partial charge on any atom is -0.468 e. The zero-order valence-corrected chi connectivity index (χ0v) is 11.2. The smallest absolute Gasteiger partial charge is 0.319 e. The maximum Gasteiger partial charge on any atom is 0.319 e. The lowest BCUT2D eigenvalue weighted by Gasteiger charge is -2.18. The normalized spacial score (nSPS) is 10.5. The van der Waals surface area contributed by atoms with Crippen molar-refractivity contribution in [3.8, 4) is 0 Å². The van der Waals surface area contributed by atoms with Crippen molar-refractivity contribution in [2.24, 2.45) is 0 Å². The van der Waals surface area contributed by atoms with E-state index in [4.69, 9.17) is 0 Å². The number of nitro groups is 1. The molecule has 0 amide bonds. The number of nitro benzene ring substituents is 1. The van der Waals surface area contributed by atoms with Gasteiger partial charge >= 0.3 is 5.97 Å². The van der Waals surface area contributed by atoms with Crippen molar-refractivity contribution in [2.45, 2.75) is 13.3 Å². The first kappa shape index (κ1) is 15.1. The lowest BCUT2D eigenvalue weighted by atomic mass is 10.1. The molecule has 0 aliphatic heterocycles. The number of hydrogen-bond donors (Lipinski definition) is 0. The zero-order chi connectivity index (χ0) is 14.3. The van der Waals surface area contributed by atoms with Crippen molar-refractivity contribution in [1.82, 2.24) is 4.90 Å². The Labute approximate surface area is 112 Å². The van der Waals surface area contributed by atoms with Crippen LogP contribution in [-0.4, -0.2) is 42.5 Å².